The molecule has 1 saturated heterocycles. The van der Waals surface area contributed by atoms with Crippen LogP contribution in [0.1, 0.15) is 22.6 Å². The Balaban J connectivity index is 2.01. The van der Waals surface area contributed by atoms with Crippen molar-refractivity contribution in [2.45, 2.75) is 13.3 Å². The highest BCUT2D eigenvalue weighted by molar-refractivity contribution is 5.92. The highest BCUT2D eigenvalue weighted by Crippen LogP contribution is 2.09. The molecule has 1 fully saturated rings. The Labute approximate surface area is 114 Å². The third-order valence-electron chi connectivity index (χ3n) is 3.60. The SMILES string of the molecule is C=CCN1CCCN(C(=O)c2cc(C)n(C)n2)CC1. The van der Waals surface area contributed by atoms with Gasteiger partial charge in [-0.1, -0.05) is 6.08 Å². The van der Waals surface area contributed by atoms with E-state index in [1.807, 2.05) is 31.0 Å². The first-order valence-corrected chi connectivity index (χ1v) is 6.75. The van der Waals surface area contributed by atoms with Crippen LogP contribution < -0.4 is 0 Å². The maximum absolute atomic E-state index is 12.4. The third-order valence-corrected chi connectivity index (χ3v) is 3.60. The molecule has 0 spiro atoms. The number of carbonyl (C=O) groups excluding carboxylic acids is 1. The van der Waals surface area contributed by atoms with E-state index < -0.39 is 0 Å². The fourth-order valence-corrected chi connectivity index (χ4v) is 2.37. The van der Waals surface area contributed by atoms with Gasteiger partial charge in [-0.15, -0.1) is 6.58 Å². The number of hydrogen-bond donors (Lipinski definition) is 0. The molecule has 0 N–H and O–H groups in total. The lowest BCUT2D eigenvalue weighted by Crippen LogP contribution is -2.35. The molecule has 5 heteroatoms. The van der Waals surface area contributed by atoms with Crippen LogP contribution >= 0.6 is 0 Å². The number of amides is 1. The van der Waals surface area contributed by atoms with Gasteiger partial charge in [0.15, 0.2) is 5.69 Å². The molecule has 5 nitrogen and oxygen atoms in total. The van der Waals surface area contributed by atoms with Crippen molar-refractivity contribution in [3.8, 4) is 0 Å². The molecule has 1 amide bonds. The zero-order chi connectivity index (χ0) is 13.8. The highest BCUT2D eigenvalue weighted by atomic mass is 16.2. The summed E-state index contributed by atoms with van der Waals surface area (Å²) in [5, 5.41) is 4.27. The average Bonchev–Trinajstić information content (AvgIpc) is 2.61. The third kappa shape index (κ3) is 3.23. The van der Waals surface area contributed by atoms with Gasteiger partial charge >= 0.3 is 0 Å². The molecule has 104 valence electrons. The zero-order valence-corrected chi connectivity index (χ0v) is 11.8. The maximum atomic E-state index is 12.4. The summed E-state index contributed by atoms with van der Waals surface area (Å²) in [5.74, 6) is 0.0455. The van der Waals surface area contributed by atoms with Crippen molar-refractivity contribution in [1.82, 2.24) is 19.6 Å². The van der Waals surface area contributed by atoms with Crippen LogP contribution in [-0.2, 0) is 7.05 Å². The van der Waals surface area contributed by atoms with Crippen molar-refractivity contribution < 1.29 is 4.79 Å². The molecule has 0 aliphatic carbocycles. The summed E-state index contributed by atoms with van der Waals surface area (Å²) in [6, 6.07) is 1.86. The summed E-state index contributed by atoms with van der Waals surface area (Å²) in [5.41, 5.74) is 1.56. The molecule has 0 radical (unpaired) electrons. The summed E-state index contributed by atoms with van der Waals surface area (Å²) >= 11 is 0. The molecule has 1 aromatic rings. The molecule has 0 bridgehead atoms. The monoisotopic (exact) mass is 262 g/mol. The smallest absolute Gasteiger partial charge is 0.274 e. The second-order valence-corrected chi connectivity index (χ2v) is 5.03. The molecule has 1 aliphatic heterocycles. The van der Waals surface area contributed by atoms with E-state index in [0.717, 1.165) is 44.8 Å². The number of nitrogens with zero attached hydrogens (tertiary/aromatic N) is 4. The van der Waals surface area contributed by atoms with Crippen LogP contribution in [0.3, 0.4) is 0 Å². The van der Waals surface area contributed by atoms with Crippen LogP contribution in [0.15, 0.2) is 18.7 Å². The molecule has 1 aliphatic rings. The topological polar surface area (TPSA) is 41.4 Å². The molecule has 2 rings (SSSR count). The fourth-order valence-electron chi connectivity index (χ4n) is 2.37. The minimum Gasteiger partial charge on any atom is -0.336 e. The molecule has 0 saturated carbocycles. The zero-order valence-electron chi connectivity index (χ0n) is 11.8. The molecule has 0 atom stereocenters. The summed E-state index contributed by atoms with van der Waals surface area (Å²) in [6.07, 6.45) is 2.92. The first kappa shape index (κ1) is 13.8. The summed E-state index contributed by atoms with van der Waals surface area (Å²) in [6.45, 7) is 10.1. The number of rotatable bonds is 3. The van der Waals surface area contributed by atoms with Gasteiger partial charge in [-0.05, 0) is 19.4 Å². The highest BCUT2D eigenvalue weighted by Gasteiger charge is 2.21. The van der Waals surface area contributed by atoms with Crippen molar-refractivity contribution in [3.05, 3.63) is 30.1 Å². The Bertz CT molecular complexity index is 447. The van der Waals surface area contributed by atoms with Crippen LogP contribution in [0.25, 0.3) is 0 Å². The van der Waals surface area contributed by atoms with Crippen LogP contribution in [-0.4, -0.2) is 58.2 Å². The van der Waals surface area contributed by atoms with Crippen LogP contribution in [0.5, 0.6) is 0 Å². The molecule has 0 unspecified atom stereocenters. The average molecular weight is 262 g/mol. The number of hydrogen-bond acceptors (Lipinski definition) is 3. The van der Waals surface area contributed by atoms with Gasteiger partial charge in [0.05, 0.1) is 0 Å². The van der Waals surface area contributed by atoms with Crippen molar-refractivity contribution in [1.29, 1.82) is 0 Å². The van der Waals surface area contributed by atoms with E-state index in [9.17, 15) is 4.79 Å². The van der Waals surface area contributed by atoms with E-state index in [1.54, 1.807) is 4.68 Å². The molecule has 19 heavy (non-hydrogen) atoms. The Morgan fingerprint density at radius 1 is 1.42 bits per heavy atom. The molecule has 0 aromatic carbocycles. The fraction of sp³-hybridized carbons (Fsp3) is 0.571. The van der Waals surface area contributed by atoms with Crippen molar-refractivity contribution in [3.63, 3.8) is 0 Å². The minimum atomic E-state index is 0.0455. The first-order valence-electron chi connectivity index (χ1n) is 6.75. The van der Waals surface area contributed by atoms with Crippen molar-refractivity contribution in [2.75, 3.05) is 32.7 Å². The van der Waals surface area contributed by atoms with E-state index in [-0.39, 0.29) is 5.91 Å². The van der Waals surface area contributed by atoms with Gasteiger partial charge in [-0.3, -0.25) is 14.4 Å². The first-order chi connectivity index (χ1) is 9.11. The van der Waals surface area contributed by atoms with Gasteiger partial charge in [0, 0.05) is 45.5 Å². The van der Waals surface area contributed by atoms with Crippen LogP contribution in [0.2, 0.25) is 0 Å². The molecular weight excluding hydrogens is 240 g/mol. The van der Waals surface area contributed by atoms with Crippen LogP contribution in [0, 0.1) is 6.92 Å². The second kappa shape index (κ2) is 6.02. The van der Waals surface area contributed by atoms with Crippen molar-refractivity contribution >= 4 is 5.91 Å². The summed E-state index contributed by atoms with van der Waals surface area (Å²) < 4.78 is 1.75. The lowest BCUT2D eigenvalue weighted by Gasteiger charge is -2.20. The number of aromatic nitrogens is 2. The Kier molecular flexibility index (Phi) is 4.37. The van der Waals surface area contributed by atoms with E-state index in [4.69, 9.17) is 0 Å². The predicted molar refractivity (Wildman–Crippen MR) is 75.1 cm³/mol. The molecular formula is C14H22N4O. The van der Waals surface area contributed by atoms with Gasteiger partial charge in [0.2, 0.25) is 0 Å². The van der Waals surface area contributed by atoms with E-state index in [1.165, 1.54) is 0 Å². The van der Waals surface area contributed by atoms with E-state index in [0.29, 0.717) is 5.69 Å². The number of carbonyl (C=O) groups is 1. The largest absolute Gasteiger partial charge is 0.336 e. The minimum absolute atomic E-state index is 0.0455. The maximum Gasteiger partial charge on any atom is 0.274 e. The predicted octanol–water partition coefficient (Wildman–Crippen LogP) is 1.06. The lowest BCUT2D eigenvalue weighted by molar-refractivity contribution is 0.0755. The quantitative estimate of drug-likeness (QED) is 0.765. The van der Waals surface area contributed by atoms with Gasteiger partial charge in [0.25, 0.3) is 5.91 Å². The molecule has 1 aromatic heterocycles. The summed E-state index contributed by atoms with van der Waals surface area (Å²) in [7, 11) is 1.86. The Morgan fingerprint density at radius 3 is 2.84 bits per heavy atom. The summed E-state index contributed by atoms with van der Waals surface area (Å²) in [4.78, 5) is 16.6. The van der Waals surface area contributed by atoms with Gasteiger partial charge in [-0.25, -0.2) is 0 Å². The Morgan fingerprint density at radius 2 is 2.21 bits per heavy atom. The van der Waals surface area contributed by atoms with Gasteiger partial charge in [0.1, 0.15) is 0 Å². The second-order valence-electron chi connectivity index (χ2n) is 5.03. The molecule has 2 heterocycles. The standard InChI is InChI=1S/C14H22N4O/c1-4-6-17-7-5-8-18(10-9-17)14(19)13-11-12(2)16(3)15-13/h4,11H,1,5-10H2,2-3H3. The van der Waals surface area contributed by atoms with E-state index >= 15 is 0 Å². The van der Waals surface area contributed by atoms with E-state index in [2.05, 4.69) is 16.6 Å². The normalized spacial score (nSPS) is 17.3. The van der Waals surface area contributed by atoms with Gasteiger partial charge < -0.3 is 4.90 Å². The van der Waals surface area contributed by atoms with Gasteiger partial charge in [-0.2, -0.15) is 5.10 Å². The Hall–Kier alpha value is -1.62. The number of aryl methyl sites for hydroxylation is 2. The van der Waals surface area contributed by atoms with Crippen molar-refractivity contribution in [2.24, 2.45) is 7.05 Å². The van der Waals surface area contributed by atoms with Crippen LogP contribution in [0.4, 0.5) is 0 Å². The lowest BCUT2D eigenvalue weighted by atomic mass is 10.3.